The third-order valence-corrected chi connectivity index (χ3v) is 2.04. The van der Waals surface area contributed by atoms with Crippen molar-refractivity contribution in [1.82, 2.24) is 5.32 Å². The summed E-state index contributed by atoms with van der Waals surface area (Å²) in [4.78, 5) is 0. The van der Waals surface area contributed by atoms with Crippen LogP contribution in [0.15, 0.2) is 30.9 Å². The highest BCUT2D eigenvalue weighted by molar-refractivity contribution is 5.28. The molecule has 1 aromatic rings. The Morgan fingerprint density at radius 1 is 1.54 bits per heavy atom. The predicted molar refractivity (Wildman–Crippen MR) is 53.1 cm³/mol. The Hall–Kier alpha value is -1.15. The molecule has 0 aromatic heterocycles. The highest BCUT2D eigenvalue weighted by atomic mass is 19.1. The van der Waals surface area contributed by atoms with Gasteiger partial charge in [0.05, 0.1) is 6.04 Å². The molecular formula is C11H14FN. The maximum absolute atomic E-state index is 13.4. The molecule has 0 heterocycles. The summed E-state index contributed by atoms with van der Waals surface area (Å²) in [6.45, 7) is 5.51. The minimum Gasteiger partial charge on any atom is -0.310 e. The van der Waals surface area contributed by atoms with Gasteiger partial charge in [-0.3, -0.25) is 0 Å². The van der Waals surface area contributed by atoms with Crippen molar-refractivity contribution in [3.63, 3.8) is 0 Å². The van der Waals surface area contributed by atoms with E-state index in [1.54, 1.807) is 19.2 Å². The molecular weight excluding hydrogens is 165 g/mol. The van der Waals surface area contributed by atoms with Gasteiger partial charge in [-0.2, -0.15) is 0 Å². The van der Waals surface area contributed by atoms with Crippen LogP contribution in [0, 0.1) is 12.7 Å². The topological polar surface area (TPSA) is 12.0 Å². The largest absolute Gasteiger partial charge is 0.310 e. The molecule has 1 nitrogen and oxygen atoms in total. The average Bonchev–Trinajstić information content (AvgIpc) is 2.10. The first-order chi connectivity index (χ1) is 6.19. The van der Waals surface area contributed by atoms with Crippen LogP contribution in [0.2, 0.25) is 0 Å². The quantitative estimate of drug-likeness (QED) is 0.703. The lowest BCUT2D eigenvalue weighted by atomic mass is 10.0. The van der Waals surface area contributed by atoms with Gasteiger partial charge in [0.1, 0.15) is 5.82 Å². The second kappa shape index (κ2) is 4.19. The minimum atomic E-state index is -0.181. The third-order valence-electron chi connectivity index (χ3n) is 2.04. The third kappa shape index (κ3) is 2.16. The van der Waals surface area contributed by atoms with Gasteiger partial charge < -0.3 is 5.32 Å². The molecule has 0 aliphatic rings. The molecule has 0 saturated carbocycles. The van der Waals surface area contributed by atoms with Crippen LogP contribution in [0.1, 0.15) is 17.2 Å². The number of hydrogen-bond acceptors (Lipinski definition) is 1. The van der Waals surface area contributed by atoms with Crippen molar-refractivity contribution in [2.45, 2.75) is 13.0 Å². The summed E-state index contributed by atoms with van der Waals surface area (Å²) in [5.41, 5.74) is 1.57. The molecule has 0 amide bonds. The van der Waals surface area contributed by atoms with Crippen LogP contribution in [0.3, 0.4) is 0 Å². The van der Waals surface area contributed by atoms with E-state index in [2.05, 4.69) is 11.9 Å². The van der Waals surface area contributed by atoms with E-state index in [4.69, 9.17) is 0 Å². The van der Waals surface area contributed by atoms with Crippen molar-refractivity contribution in [2.75, 3.05) is 7.05 Å². The number of halogens is 1. The molecule has 0 bridgehead atoms. The van der Waals surface area contributed by atoms with Crippen LogP contribution in [0.25, 0.3) is 0 Å². The van der Waals surface area contributed by atoms with E-state index in [0.29, 0.717) is 5.56 Å². The Morgan fingerprint density at radius 3 is 2.69 bits per heavy atom. The maximum atomic E-state index is 13.4. The van der Waals surface area contributed by atoms with Crippen LogP contribution in [-0.4, -0.2) is 7.05 Å². The normalized spacial score (nSPS) is 12.5. The van der Waals surface area contributed by atoms with Gasteiger partial charge in [-0.1, -0.05) is 18.2 Å². The Labute approximate surface area is 78.3 Å². The molecule has 1 aromatic carbocycles. The van der Waals surface area contributed by atoms with Gasteiger partial charge >= 0.3 is 0 Å². The molecule has 0 aliphatic carbocycles. The van der Waals surface area contributed by atoms with Crippen molar-refractivity contribution in [1.29, 1.82) is 0 Å². The lowest BCUT2D eigenvalue weighted by molar-refractivity contribution is 0.581. The van der Waals surface area contributed by atoms with Gasteiger partial charge in [-0.25, -0.2) is 4.39 Å². The van der Waals surface area contributed by atoms with Gasteiger partial charge in [0.2, 0.25) is 0 Å². The number of hydrogen-bond donors (Lipinski definition) is 1. The van der Waals surface area contributed by atoms with Gasteiger partial charge in [0.25, 0.3) is 0 Å². The van der Waals surface area contributed by atoms with Gasteiger partial charge in [-0.15, -0.1) is 6.58 Å². The Balaban J connectivity index is 3.06. The highest BCUT2D eigenvalue weighted by Crippen LogP contribution is 2.18. The van der Waals surface area contributed by atoms with Crippen molar-refractivity contribution in [3.05, 3.63) is 47.8 Å². The average molecular weight is 179 g/mol. The first-order valence-corrected chi connectivity index (χ1v) is 4.25. The summed E-state index contributed by atoms with van der Waals surface area (Å²) in [5.74, 6) is -0.181. The van der Waals surface area contributed by atoms with Crippen molar-refractivity contribution < 1.29 is 4.39 Å². The van der Waals surface area contributed by atoms with E-state index in [1.807, 2.05) is 13.0 Å². The Morgan fingerprint density at radius 2 is 2.23 bits per heavy atom. The number of benzene rings is 1. The van der Waals surface area contributed by atoms with E-state index >= 15 is 0 Å². The van der Waals surface area contributed by atoms with Crippen molar-refractivity contribution in [3.8, 4) is 0 Å². The fourth-order valence-electron chi connectivity index (χ4n) is 1.28. The number of nitrogens with one attached hydrogen (secondary N) is 1. The van der Waals surface area contributed by atoms with Crippen LogP contribution in [-0.2, 0) is 0 Å². The van der Waals surface area contributed by atoms with E-state index in [1.165, 1.54) is 6.07 Å². The standard InChI is InChI=1S/C11H14FN/c1-4-11(13-3)9-6-5-8(2)7-10(9)12/h4-7,11,13H,1H2,2-3H3. The Kier molecular flexibility index (Phi) is 3.20. The van der Waals surface area contributed by atoms with Crippen molar-refractivity contribution in [2.24, 2.45) is 0 Å². The summed E-state index contributed by atoms with van der Waals surface area (Å²) < 4.78 is 13.4. The van der Waals surface area contributed by atoms with Crippen LogP contribution < -0.4 is 5.32 Å². The summed E-state index contributed by atoms with van der Waals surface area (Å²) in [7, 11) is 1.78. The molecule has 0 fully saturated rings. The zero-order valence-electron chi connectivity index (χ0n) is 7.97. The monoisotopic (exact) mass is 179 g/mol. The molecule has 2 heteroatoms. The van der Waals surface area contributed by atoms with E-state index in [9.17, 15) is 4.39 Å². The maximum Gasteiger partial charge on any atom is 0.128 e. The molecule has 1 rings (SSSR count). The zero-order chi connectivity index (χ0) is 9.84. The zero-order valence-corrected chi connectivity index (χ0v) is 7.97. The molecule has 0 spiro atoms. The summed E-state index contributed by atoms with van der Waals surface area (Å²) >= 11 is 0. The number of rotatable bonds is 3. The second-order valence-electron chi connectivity index (χ2n) is 3.03. The van der Waals surface area contributed by atoms with Crippen LogP contribution >= 0.6 is 0 Å². The molecule has 70 valence electrons. The first kappa shape index (κ1) is 9.93. The van der Waals surface area contributed by atoms with Crippen molar-refractivity contribution >= 4 is 0 Å². The summed E-state index contributed by atoms with van der Waals surface area (Å²) in [6.07, 6.45) is 1.69. The van der Waals surface area contributed by atoms with E-state index < -0.39 is 0 Å². The summed E-state index contributed by atoms with van der Waals surface area (Å²) in [6, 6.07) is 5.10. The molecule has 0 radical (unpaired) electrons. The molecule has 1 N–H and O–H groups in total. The highest BCUT2D eigenvalue weighted by Gasteiger charge is 2.09. The fourth-order valence-corrected chi connectivity index (χ4v) is 1.28. The van der Waals surface area contributed by atoms with E-state index in [-0.39, 0.29) is 11.9 Å². The van der Waals surface area contributed by atoms with Gasteiger partial charge in [0.15, 0.2) is 0 Å². The number of likely N-dealkylation sites (N-methyl/N-ethyl adjacent to an activating group) is 1. The second-order valence-corrected chi connectivity index (χ2v) is 3.03. The molecule has 1 atom stereocenters. The molecule has 13 heavy (non-hydrogen) atoms. The smallest absolute Gasteiger partial charge is 0.128 e. The summed E-state index contributed by atoms with van der Waals surface area (Å²) in [5, 5.41) is 2.97. The van der Waals surface area contributed by atoms with Gasteiger partial charge in [-0.05, 0) is 25.6 Å². The molecule has 0 aliphatic heterocycles. The van der Waals surface area contributed by atoms with E-state index in [0.717, 1.165) is 5.56 Å². The fraction of sp³-hybridized carbons (Fsp3) is 0.273. The molecule has 0 saturated heterocycles. The van der Waals surface area contributed by atoms with Gasteiger partial charge in [0, 0.05) is 5.56 Å². The predicted octanol–water partition coefficient (Wildman–Crippen LogP) is 2.58. The lowest BCUT2D eigenvalue weighted by Gasteiger charge is -2.12. The van der Waals surface area contributed by atoms with Crippen LogP contribution in [0.5, 0.6) is 0 Å². The minimum absolute atomic E-state index is 0.111. The Bertz CT molecular complexity index is 307. The number of aryl methyl sites for hydroxylation is 1. The van der Waals surface area contributed by atoms with Crippen LogP contribution in [0.4, 0.5) is 4.39 Å². The molecule has 1 unspecified atom stereocenters. The lowest BCUT2D eigenvalue weighted by Crippen LogP contribution is -2.14. The first-order valence-electron chi connectivity index (χ1n) is 4.25. The SMILES string of the molecule is C=CC(NC)c1ccc(C)cc1F.